The fraction of sp³-hybridized carbons (Fsp3) is 0.538. The summed E-state index contributed by atoms with van der Waals surface area (Å²) in [6.45, 7) is 2.49. The maximum atomic E-state index is 11.6. The third-order valence-corrected chi connectivity index (χ3v) is 3.26. The van der Waals surface area contributed by atoms with Crippen LogP contribution in [-0.4, -0.2) is 29.4 Å². The van der Waals surface area contributed by atoms with Crippen LogP contribution in [0.2, 0.25) is 0 Å². The Balaban J connectivity index is 2.20. The average Bonchev–Trinajstić information content (AvgIpc) is 2.39. The first-order valence-electron chi connectivity index (χ1n) is 5.99. The Hall–Kier alpha value is -1.58. The number of hydrogen-bond donors (Lipinski definition) is 0. The van der Waals surface area contributed by atoms with Gasteiger partial charge in [0.2, 0.25) is 11.8 Å². The lowest BCUT2D eigenvalue weighted by atomic mass is 9.96. The Morgan fingerprint density at radius 1 is 1.47 bits per heavy atom. The van der Waals surface area contributed by atoms with Crippen LogP contribution in [0.25, 0.3) is 0 Å². The summed E-state index contributed by atoms with van der Waals surface area (Å²) in [5.74, 6) is 0.754. The van der Waals surface area contributed by atoms with Gasteiger partial charge < -0.3 is 9.64 Å². The van der Waals surface area contributed by atoms with Crippen LogP contribution in [0.5, 0.6) is 5.88 Å². The molecule has 1 atom stereocenters. The van der Waals surface area contributed by atoms with Gasteiger partial charge in [-0.3, -0.25) is 4.79 Å². The van der Waals surface area contributed by atoms with E-state index in [4.69, 9.17) is 4.74 Å². The lowest BCUT2D eigenvalue weighted by Crippen LogP contribution is -2.36. The highest BCUT2D eigenvalue weighted by Crippen LogP contribution is 2.30. The molecule has 2 heterocycles. The Labute approximate surface area is 102 Å². The van der Waals surface area contributed by atoms with Gasteiger partial charge in [-0.25, -0.2) is 4.98 Å². The van der Waals surface area contributed by atoms with Gasteiger partial charge in [0.25, 0.3) is 0 Å². The van der Waals surface area contributed by atoms with E-state index in [0.29, 0.717) is 5.88 Å². The molecule has 4 nitrogen and oxygen atoms in total. The van der Waals surface area contributed by atoms with Crippen molar-refractivity contribution in [2.75, 3.05) is 13.7 Å². The molecule has 2 rings (SSSR count). The zero-order valence-corrected chi connectivity index (χ0v) is 10.3. The van der Waals surface area contributed by atoms with Crippen LogP contribution < -0.4 is 4.74 Å². The number of methoxy groups -OCH3 is 1. The maximum Gasteiger partial charge on any atom is 0.219 e. The molecule has 0 aliphatic carbocycles. The third-order valence-electron chi connectivity index (χ3n) is 3.26. The number of carbonyl (C=O) groups excluding carboxylic acids is 1. The van der Waals surface area contributed by atoms with E-state index >= 15 is 0 Å². The lowest BCUT2D eigenvalue weighted by Gasteiger charge is -2.35. The Bertz CT molecular complexity index is 389. The molecule has 0 aromatic carbocycles. The number of pyridine rings is 1. The third kappa shape index (κ3) is 2.57. The van der Waals surface area contributed by atoms with Crippen molar-refractivity contribution < 1.29 is 9.53 Å². The molecule has 1 aromatic rings. The number of amides is 1. The van der Waals surface area contributed by atoms with Gasteiger partial charge in [-0.1, -0.05) is 6.07 Å². The summed E-state index contributed by atoms with van der Waals surface area (Å²) in [4.78, 5) is 17.7. The fourth-order valence-corrected chi connectivity index (χ4v) is 2.36. The highest BCUT2D eigenvalue weighted by Gasteiger charge is 2.25. The molecule has 17 heavy (non-hydrogen) atoms. The normalized spacial score (nSPS) is 20.1. The van der Waals surface area contributed by atoms with Crippen molar-refractivity contribution in [3.63, 3.8) is 0 Å². The molecule has 1 amide bonds. The first-order chi connectivity index (χ1) is 8.22. The molecule has 1 aliphatic heterocycles. The quantitative estimate of drug-likeness (QED) is 0.787. The number of nitrogens with zero attached hydrogens (tertiary/aromatic N) is 2. The number of hydrogen-bond acceptors (Lipinski definition) is 3. The van der Waals surface area contributed by atoms with Crippen molar-refractivity contribution >= 4 is 5.91 Å². The minimum atomic E-state index is 0.144. The summed E-state index contributed by atoms with van der Waals surface area (Å²) >= 11 is 0. The molecule has 0 saturated carbocycles. The molecule has 1 saturated heterocycles. The summed E-state index contributed by atoms with van der Waals surface area (Å²) in [5.41, 5.74) is 1.10. The lowest BCUT2D eigenvalue weighted by molar-refractivity contribution is -0.132. The summed E-state index contributed by atoms with van der Waals surface area (Å²) < 4.78 is 5.04. The van der Waals surface area contributed by atoms with Crippen LogP contribution in [0.1, 0.15) is 37.8 Å². The summed E-state index contributed by atoms with van der Waals surface area (Å²) in [6, 6.07) is 4.03. The van der Waals surface area contributed by atoms with E-state index in [9.17, 15) is 4.79 Å². The average molecular weight is 234 g/mol. The van der Waals surface area contributed by atoms with Crippen molar-refractivity contribution in [2.45, 2.75) is 32.2 Å². The van der Waals surface area contributed by atoms with E-state index < -0.39 is 0 Å². The molecular formula is C13H18N2O2. The molecule has 4 heteroatoms. The molecule has 0 bridgehead atoms. The summed E-state index contributed by atoms with van der Waals surface area (Å²) in [5, 5.41) is 0. The SMILES string of the molecule is COc1ccc(C2CCCCN2C(C)=O)cn1. The number of piperidine rings is 1. The summed E-state index contributed by atoms with van der Waals surface area (Å²) in [6.07, 6.45) is 5.10. The first kappa shape index (κ1) is 11.9. The molecule has 1 unspecified atom stereocenters. The first-order valence-corrected chi connectivity index (χ1v) is 5.99. The Morgan fingerprint density at radius 2 is 2.29 bits per heavy atom. The Morgan fingerprint density at radius 3 is 2.88 bits per heavy atom. The molecule has 0 spiro atoms. The molecule has 1 fully saturated rings. The highest BCUT2D eigenvalue weighted by molar-refractivity contribution is 5.73. The maximum absolute atomic E-state index is 11.6. The number of likely N-dealkylation sites (tertiary alicyclic amines) is 1. The number of aromatic nitrogens is 1. The standard InChI is InChI=1S/C13H18N2O2/c1-10(16)15-8-4-3-5-12(15)11-6-7-13(17-2)14-9-11/h6-7,9,12H,3-5,8H2,1-2H3. The zero-order chi connectivity index (χ0) is 12.3. The smallest absolute Gasteiger partial charge is 0.219 e. The van der Waals surface area contributed by atoms with Crippen LogP contribution in [-0.2, 0) is 4.79 Å². The van der Waals surface area contributed by atoms with Crippen molar-refractivity contribution in [3.8, 4) is 5.88 Å². The van der Waals surface area contributed by atoms with E-state index in [1.165, 1.54) is 6.42 Å². The van der Waals surface area contributed by atoms with Gasteiger partial charge in [0.15, 0.2) is 0 Å². The number of rotatable bonds is 2. The van der Waals surface area contributed by atoms with Crippen LogP contribution in [0, 0.1) is 0 Å². The van der Waals surface area contributed by atoms with Gasteiger partial charge in [-0.2, -0.15) is 0 Å². The molecule has 0 N–H and O–H groups in total. The monoisotopic (exact) mass is 234 g/mol. The second kappa shape index (κ2) is 5.17. The second-order valence-corrected chi connectivity index (χ2v) is 4.36. The van der Waals surface area contributed by atoms with E-state index in [2.05, 4.69) is 4.98 Å². The Kier molecular flexibility index (Phi) is 3.61. The molecule has 0 radical (unpaired) electrons. The van der Waals surface area contributed by atoms with Gasteiger partial charge in [0, 0.05) is 25.7 Å². The number of carbonyl (C=O) groups is 1. The predicted octanol–water partition coefficient (Wildman–Crippen LogP) is 2.16. The predicted molar refractivity (Wildman–Crippen MR) is 64.8 cm³/mol. The fourth-order valence-electron chi connectivity index (χ4n) is 2.36. The van der Waals surface area contributed by atoms with Crippen LogP contribution in [0.3, 0.4) is 0 Å². The van der Waals surface area contributed by atoms with Crippen LogP contribution in [0.4, 0.5) is 0 Å². The highest BCUT2D eigenvalue weighted by atomic mass is 16.5. The molecular weight excluding hydrogens is 216 g/mol. The summed E-state index contributed by atoms with van der Waals surface area (Å²) in [7, 11) is 1.60. The number of ether oxygens (including phenoxy) is 1. The van der Waals surface area contributed by atoms with Gasteiger partial charge in [0.05, 0.1) is 13.2 Å². The van der Waals surface area contributed by atoms with E-state index in [1.54, 1.807) is 14.0 Å². The van der Waals surface area contributed by atoms with Crippen molar-refractivity contribution in [1.29, 1.82) is 0 Å². The topological polar surface area (TPSA) is 42.4 Å². The van der Waals surface area contributed by atoms with E-state index in [0.717, 1.165) is 24.9 Å². The largest absolute Gasteiger partial charge is 0.481 e. The zero-order valence-electron chi connectivity index (χ0n) is 10.3. The van der Waals surface area contributed by atoms with Crippen LogP contribution in [0.15, 0.2) is 18.3 Å². The van der Waals surface area contributed by atoms with Crippen molar-refractivity contribution in [1.82, 2.24) is 9.88 Å². The van der Waals surface area contributed by atoms with E-state index in [-0.39, 0.29) is 11.9 Å². The minimum absolute atomic E-state index is 0.144. The van der Waals surface area contributed by atoms with Gasteiger partial charge in [-0.15, -0.1) is 0 Å². The minimum Gasteiger partial charge on any atom is -0.481 e. The van der Waals surface area contributed by atoms with Crippen molar-refractivity contribution in [3.05, 3.63) is 23.9 Å². The molecule has 1 aliphatic rings. The molecule has 92 valence electrons. The van der Waals surface area contributed by atoms with Crippen molar-refractivity contribution in [2.24, 2.45) is 0 Å². The second-order valence-electron chi connectivity index (χ2n) is 4.36. The van der Waals surface area contributed by atoms with Gasteiger partial charge in [-0.05, 0) is 24.8 Å². The van der Waals surface area contributed by atoms with Gasteiger partial charge in [0.1, 0.15) is 0 Å². The molecule has 1 aromatic heterocycles. The van der Waals surface area contributed by atoms with Crippen LogP contribution >= 0.6 is 0 Å². The van der Waals surface area contributed by atoms with Gasteiger partial charge >= 0.3 is 0 Å². The van der Waals surface area contributed by atoms with E-state index in [1.807, 2.05) is 23.2 Å².